The smallest absolute Gasteiger partial charge is 0.257 e. The van der Waals surface area contributed by atoms with E-state index >= 15 is 0 Å². The van der Waals surface area contributed by atoms with Crippen molar-refractivity contribution in [2.75, 3.05) is 20.8 Å². The van der Waals surface area contributed by atoms with Crippen LogP contribution in [0.3, 0.4) is 0 Å². The summed E-state index contributed by atoms with van der Waals surface area (Å²) in [5.74, 6) is 2.19. The Morgan fingerprint density at radius 3 is 2.43 bits per heavy atom. The standard InChI is InChI=1S/C23H27NO4/c1-26-20-10-6-5-9-19(20)23(25)24-12-11-16-13-21(27-2)22(14-17(16)15-24)28-18-7-3-4-8-18/h5-6,9-10,13-14,18H,3-4,7-8,11-12,15H2,1-2H3. The van der Waals surface area contributed by atoms with E-state index in [9.17, 15) is 4.79 Å². The average molecular weight is 381 g/mol. The van der Waals surface area contributed by atoms with E-state index in [0.717, 1.165) is 36.3 Å². The molecule has 1 amide bonds. The number of nitrogens with zero attached hydrogens (tertiary/aromatic N) is 1. The second-order valence-corrected chi connectivity index (χ2v) is 7.47. The number of carbonyl (C=O) groups excluding carboxylic acids is 1. The molecule has 0 unspecified atom stereocenters. The van der Waals surface area contributed by atoms with Crippen molar-refractivity contribution in [2.45, 2.75) is 44.8 Å². The normalized spacial score (nSPS) is 16.6. The predicted molar refractivity (Wildman–Crippen MR) is 107 cm³/mol. The zero-order valence-corrected chi connectivity index (χ0v) is 16.6. The Morgan fingerprint density at radius 2 is 1.68 bits per heavy atom. The Kier molecular flexibility index (Phi) is 5.42. The summed E-state index contributed by atoms with van der Waals surface area (Å²) in [6, 6.07) is 11.5. The third-order valence-electron chi connectivity index (χ3n) is 5.72. The van der Waals surface area contributed by atoms with Crippen LogP contribution >= 0.6 is 0 Å². The van der Waals surface area contributed by atoms with Gasteiger partial charge in [0.05, 0.1) is 25.9 Å². The highest BCUT2D eigenvalue weighted by atomic mass is 16.5. The molecule has 28 heavy (non-hydrogen) atoms. The lowest BCUT2D eigenvalue weighted by Crippen LogP contribution is -2.36. The summed E-state index contributed by atoms with van der Waals surface area (Å²) in [5, 5.41) is 0. The van der Waals surface area contributed by atoms with Gasteiger partial charge in [0.2, 0.25) is 0 Å². The highest BCUT2D eigenvalue weighted by Crippen LogP contribution is 2.36. The summed E-state index contributed by atoms with van der Waals surface area (Å²) in [5.41, 5.74) is 2.95. The van der Waals surface area contributed by atoms with Crippen molar-refractivity contribution < 1.29 is 19.0 Å². The molecule has 1 saturated carbocycles. The molecule has 0 spiro atoms. The fourth-order valence-electron chi connectivity index (χ4n) is 4.17. The Labute approximate surface area is 166 Å². The molecule has 0 radical (unpaired) electrons. The molecule has 1 heterocycles. The van der Waals surface area contributed by atoms with E-state index < -0.39 is 0 Å². The van der Waals surface area contributed by atoms with Crippen molar-refractivity contribution >= 4 is 5.91 Å². The third-order valence-corrected chi connectivity index (χ3v) is 5.72. The van der Waals surface area contributed by atoms with Crippen LogP contribution in [0.15, 0.2) is 36.4 Å². The first kappa shape index (κ1) is 18.7. The number of methoxy groups -OCH3 is 2. The average Bonchev–Trinajstić information content (AvgIpc) is 3.25. The maximum Gasteiger partial charge on any atom is 0.257 e. The van der Waals surface area contributed by atoms with Gasteiger partial charge in [0.15, 0.2) is 11.5 Å². The van der Waals surface area contributed by atoms with Crippen LogP contribution in [0.1, 0.15) is 47.2 Å². The fourth-order valence-corrected chi connectivity index (χ4v) is 4.17. The molecule has 1 fully saturated rings. The molecule has 4 rings (SSSR count). The van der Waals surface area contributed by atoms with Crippen LogP contribution in [0.25, 0.3) is 0 Å². The molecule has 5 heteroatoms. The lowest BCUT2D eigenvalue weighted by Gasteiger charge is -2.30. The molecule has 1 aliphatic heterocycles. The van der Waals surface area contributed by atoms with E-state index in [2.05, 4.69) is 12.1 Å². The maximum atomic E-state index is 13.1. The van der Waals surface area contributed by atoms with E-state index in [1.807, 2.05) is 29.2 Å². The van der Waals surface area contributed by atoms with Crippen LogP contribution in [0.2, 0.25) is 0 Å². The minimum atomic E-state index is -0.00261. The predicted octanol–water partition coefficient (Wildman–Crippen LogP) is 4.22. The molecule has 1 aliphatic carbocycles. The molecule has 2 aromatic carbocycles. The van der Waals surface area contributed by atoms with Gasteiger partial charge in [-0.05, 0) is 67.5 Å². The molecule has 0 N–H and O–H groups in total. The lowest BCUT2D eigenvalue weighted by atomic mass is 9.98. The first-order valence-corrected chi connectivity index (χ1v) is 9.98. The van der Waals surface area contributed by atoms with E-state index in [1.54, 1.807) is 14.2 Å². The van der Waals surface area contributed by atoms with Crippen LogP contribution in [0, 0.1) is 0 Å². The number of para-hydroxylation sites is 1. The van der Waals surface area contributed by atoms with Gasteiger partial charge in [-0.3, -0.25) is 4.79 Å². The molecule has 148 valence electrons. The van der Waals surface area contributed by atoms with Crippen molar-refractivity contribution in [1.82, 2.24) is 4.90 Å². The zero-order chi connectivity index (χ0) is 19.5. The van der Waals surface area contributed by atoms with Crippen LogP contribution in [-0.2, 0) is 13.0 Å². The first-order chi connectivity index (χ1) is 13.7. The Morgan fingerprint density at radius 1 is 0.964 bits per heavy atom. The van der Waals surface area contributed by atoms with Crippen LogP contribution in [0.5, 0.6) is 17.2 Å². The second-order valence-electron chi connectivity index (χ2n) is 7.47. The molecule has 0 atom stereocenters. The SMILES string of the molecule is COc1cc2c(cc1OC1CCCC1)CN(C(=O)c1ccccc1OC)CC2. The van der Waals surface area contributed by atoms with Gasteiger partial charge < -0.3 is 19.1 Å². The number of amides is 1. The summed E-state index contributed by atoms with van der Waals surface area (Å²) in [6.45, 7) is 1.24. The Balaban J connectivity index is 1.57. The van der Waals surface area contributed by atoms with E-state index in [4.69, 9.17) is 14.2 Å². The highest BCUT2D eigenvalue weighted by Gasteiger charge is 2.26. The minimum Gasteiger partial charge on any atom is -0.496 e. The van der Waals surface area contributed by atoms with Gasteiger partial charge in [-0.2, -0.15) is 0 Å². The monoisotopic (exact) mass is 381 g/mol. The molecule has 0 bridgehead atoms. The van der Waals surface area contributed by atoms with Gasteiger partial charge in [-0.15, -0.1) is 0 Å². The van der Waals surface area contributed by atoms with Crippen LogP contribution < -0.4 is 14.2 Å². The van der Waals surface area contributed by atoms with Gasteiger partial charge in [0.1, 0.15) is 5.75 Å². The Hall–Kier alpha value is -2.69. The van der Waals surface area contributed by atoms with Gasteiger partial charge in [0.25, 0.3) is 5.91 Å². The van der Waals surface area contributed by atoms with E-state index in [-0.39, 0.29) is 12.0 Å². The minimum absolute atomic E-state index is 0.00261. The number of fused-ring (bicyclic) bond motifs is 1. The Bertz CT molecular complexity index is 858. The highest BCUT2D eigenvalue weighted by molar-refractivity contribution is 5.97. The maximum absolute atomic E-state index is 13.1. The quantitative estimate of drug-likeness (QED) is 0.778. The van der Waals surface area contributed by atoms with Gasteiger partial charge in [0, 0.05) is 13.1 Å². The topological polar surface area (TPSA) is 48.0 Å². The van der Waals surface area contributed by atoms with Gasteiger partial charge in [-0.25, -0.2) is 0 Å². The summed E-state index contributed by atoms with van der Waals surface area (Å²) in [6.07, 6.45) is 5.70. The number of hydrogen-bond acceptors (Lipinski definition) is 4. The lowest BCUT2D eigenvalue weighted by molar-refractivity contribution is 0.0730. The van der Waals surface area contributed by atoms with Crippen molar-refractivity contribution in [3.05, 3.63) is 53.1 Å². The molecule has 2 aliphatic rings. The molecule has 0 saturated heterocycles. The number of hydrogen-bond donors (Lipinski definition) is 0. The van der Waals surface area contributed by atoms with Gasteiger partial charge in [-0.1, -0.05) is 12.1 Å². The number of rotatable bonds is 5. The van der Waals surface area contributed by atoms with Crippen molar-refractivity contribution in [1.29, 1.82) is 0 Å². The second kappa shape index (κ2) is 8.13. The number of carbonyl (C=O) groups is 1. The fraction of sp³-hybridized carbons (Fsp3) is 0.435. The van der Waals surface area contributed by atoms with Crippen molar-refractivity contribution in [3.63, 3.8) is 0 Å². The van der Waals surface area contributed by atoms with Crippen molar-refractivity contribution in [2.24, 2.45) is 0 Å². The molecule has 0 aromatic heterocycles. The zero-order valence-electron chi connectivity index (χ0n) is 16.6. The summed E-state index contributed by atoms with van der Waals surface area (Å²) in [4.78, 5) is 14.9. The molecular weight excluding hydrogens is 354 g/mol. The van der Waals surface area contributed by atoms with E-state index in [1.165, 1.54) is 18.4 Å². The number of ether oxygens (including phenoxy) is 3. The van der Waals surface area contributed by atoms with Crippen molar-refractivity contribution in [3.8, 4) is 17.2 Å². The molecular formula is C23H27NO4. The molecule has 5 nitrogen and oxygen atoms in total. The largest absolute Gasteiger partial charge is 0.496 e. The summed E-state index contributed by atoms with van der Waals surface area (Å²) < 4.78 is 17.2. The third kappa shape index (κ3) is 3.66. The summed E-state index contributed by atoms with van der Waals surface area (Å²) >= 11 is 0. The van der Waals surface area contributed by atoms with Crippen LogP contribution in [-0.4, -0.2) is 37.7 Å². The summed E-state index contributed by atoms with van der Waals surface area (Å²) in [7, 11) is 3.28. The van der Waals surface area contributed by atoms with E-state index in [0.29, 0.717) is 24.4 Å². The van der Waals surface area contributed by atoms with Crippen LogP contribution in [0.4, 0.5) is 0 Å². The first-order valence-electron chi connectivity index (χ1n) is 9.98. The number of benzene rings is 2. The molecule has 2 aromatic rings. The van der Waals surface area contributed by atoms with Gasteiger partial charge >= 0.3 is 0 Å².